The molecule has 49 heavy (non-hydrogen) atoms. The van der Waals surface area contributed by atoms with Crippen molar-refractivity contribution in [1.82, 2.24) is 19.6 Å². The Morgan fingerprint density at radius 3 is 2.24 bits per heavy atom. The summed E-state index contributed by atoms with van der Waals surface area (Å²) in [5.41, 5.74) is 0.839. The molecule has 0 bridgehead atoms. The topological polar surface area (TPSA) is 108 Å². The second-order valence-corrected chi connectivity index (χ2v) is 13.6. The molecule has 4 aromatic rings. The molecule has 2 fully saturated rings. The van der Waals surface area contributed by atoms with Crippen molar-refractivity contribution < 1.29 is 35.5 Å². The molecule has 0 aliphatic carbocycles. The molecule has 10 nitrogen and oxygen atoms in total. The van der Waals surface area contributed by atoms with E-state index in [9.17, 15) is 30.8 Å². The number of piperazine rings is 1. The molecule has 15 heteroatoms. The third kappa shape index (κ3) is 7.47. The van der Waals surface area contributed by atoms with Crippen molar-refractivity contribution in [1.29, 1.82) is 0 Å². The molecule has 3 heterocycles. The summed E-state index contributed by atoms with van der Waals surface area (Å²) in [7, 11) is -2.49. The number of amides is 1. The van der Waals surface area contributed by atoms with Crippen LogP contribution in [0.2, 0.25) is 0 Å². The third-order valence-corrected chi connectivity index (χ3v) is 10.6. The van der Waals surface area contributed by atoms with E-state index in [0.717, 1.165) is 12.1 Å². The number of methoxy groups -OCH3 is 1. The third-order valence-electron chi connectivity index (χ3n) is 8.65. The molecule has 1 unspecified atom stereocenters. The lowest BCUT2D eigenvalue weighted by atomic mass is 10.1. The number of benzene rings is 3. The first-order valence-electron chi connectivity index (χ1n) is 15.7. The number of hydrogen-bond donors (Lipinski definition) is 1. The Morgan fingerprint density at radius 1 is 0.918 bits per heavy atom. The maximum Gasteiger partial charge on any atom is 0.416 e. The number of nitrogens with one attached hydrogen (secondary N) is 1. The minimum atomic E-state index is -4.50. The molecule has 0 saturated carbocycles. The molecule has 2 aliphatic heterocycles. The van der Waals surface area contributed by atoms with Crippen LogP contribution in [0.25, 0.3) is 11.3 Å². The number of ether oxygens (including phenoxy) is 1. The van der Waals surface area contributed by atoms with Gasteiger partial charge in [0.1, 0.15) is 17.6 Å². The van der Waals surface area contributed by atoms with Crippen LogP contribution >= 0.6 is 0 Å². The van der Waals surface area contributed by atoms with Gasteiger partial charge in [-0.05, 0) is 67.4 Å². The molecule has 0 spiro atoms. The largest absolute Gasteiger partial charge is 0.497 e. The van der Waals surface area contributed by atoms with E-state index in [1.54, 1.807) is 36.4 Å². The van der Waals surface area contributed by atoms with E-state index >= 15 is 0 Å². The Kier molecular flexibility index (Phi) is 9.75. The summed E-state index contributed by atoms with van der Waals surface area (Å²) in [6.07, 6.45) is -3.67. The van der Waals surface area contributed by atoms with Crippen molar-refractivity contribution >= 4 is 27.6 Å². The molecule has 2 aliphatic rings. The lowest BCUT2D eigenvalue weighted by molar-refractivity contribution is -0.137. The van der Waals surface area contributed by atoms with E-state index < -0.39 is 33.7 Å². The average molecular weight is 699 g/mol. The summed E-state index contributed by atoms with van der Waals surface area (Å²) in [6, 6.07) is 17.7. The van der Waals surface area contributed by atoms with Gasteiger partial charge in [-0.1, -0.05) is 24.3 Å². The first-order chi connectivity index (χ1) is 23.4. The number of anilines is 2. The van der Waals surface area contributed by atoms with Gasteiger partial charge in [0.25, 0.3) is 0 Å². The number of halogens is 4. The Bertz CT molecular complexity index is 1900. The molecule has 2 saturated heterocycles. The van der Waals surface area contributed by atoms with Gasteiger partial charge in [-0.3, -0.25) is 4.79 Å². The van der Waals surface area contributed by atoms with Crippen LogP contribution in [0.3, 0.4) is 0 Å². The standard InChI is InChI=1S/C34H34F4N6O4S/c1-48-26-12-14-27(15-13-26)49(46,47)44-16-4-7-31(44)32(45)39-22-25-21-29(23-8-10-24(11-9-23)34(36,37)38)41-33(40-25)43-19-17-42(18-20-43)30-6-3-2-5-28(30)35/h2-3,5-6,8-15,21,31H,4,7,16-20,22H2,1H3,(H,39,45). The fourth-order valence-electron chi connectivity index (χ4n) is 6.02. The minimum absolute atomic E-state index is 0.0460. The fraction of sp³-hybridized carbons (Fsp3) is 0.324. The minimum Gasteiger partial charge on any atom is -0.497 e. The van der Waals surface area contributed by atoms with Gasteiger partial charge in [-0.2, -0.15) is 17.5 Å². The molecular weight excluding hydrogens is 664 g/mol. The van der Waals surface area contributed by atoms with Crippen LogP contribution in [0.5, 0.6) is 5.75 Å². The smallest absolute Gasteiger partial charge is 0.416 e. The van der Waals surface area contributed by atoms with E-state index in [0.29, 0.717) is 73.4 Å². The van der Waals surface area contributed by atoms with Crippen molar-refractivity contribution in [3.8, 4) is 17.0 Å². The van der Waals surface area contributed by atoms with Crippen molar-refractivity contribution in [2.45, 2.75) is 36.5 Å². The van der Waals surface area contributed by atoms with Gasteiger partial charge in [0.2, 0.25) is 21.9 Å². The highest BCUT2D eigenvalue weighted by Crippen LogP contribution is 2.32. The molecule has 0 radical (unpaired) electrons. The fourth-order valence-corrected chi connectivity index (χ4v) is 7.67. The number of hydrogen-bond acceptors (Lipinski definition) is 8. The summed E-state index contributed by atoms with van der Waals surface area (Å²) in [5.74, 6) is -0.0163. The molecule has 1 aromatic heterocycles. The zero-order valence-corrected chi connectivity index (χ0v) is 27.3. The number of sulfonamides is 1. The van der Waals surface area contributed by atoms with E-state index in [-0.39, 0.29) is 23.8 Å². The molecule has 1 atom stereocenters. The summed E-state index contributed by atoms with van der Waals surface area (Å²) < 4.78 is 87.4. The van der Waals surface area contributed by atoms with Crippen LogP contribution < -0.4 is 19.9 Å². The molecular formula is C34H34F4N6O4S. The Labute approximate surface area is 281 Å². The van der Waals surface area contributed by atoms with Crippen LogP contribution in [-0.2, 0) is 27.5 Å². The number of rotatable bonds is 9. The maximum atomic E-state index is 14.4. The van der Waals surface area contributed by atoms with Crippen LogP contribution in [-0.4, -0.2) is 74.5 Å². The first-order valence-corrected chi connectivity index (χ1v) is 17.1. The molecule has 6 rings (SSSR count). The van der Waals surface area contributed by atoms with Crippen molar-refractivity contribution in [2.24, 2.45) is 0 Å². The second-order valence-electron chi connectivity index (χ2n) is 11.7. The summed E-state index contributed by atoms with van der Waals surface area (Å²) in [5, 5.41) is 2.81. The van der Waals surface area contributed by atoms with E-state index in [2.05, 4.69) is 15.3 Å². The second kappa shape index (κ2) is 14.0. The van der Waals surface area contributed by atoms with E-state index in [4.69, 9.17) is 4.74 Å². The first kappa shape index (κ1) is 34.1. The highest BCUT2D eigenvalue weighted by molar-refractivity contribution is 7.89. The van der Waals surface area contributed by atoms with Gasteiger partial charge in [-0.15, -0.1) is 0 Å². The average Bonchev–Trinajstić information content (AvgIpc) is 3.62. The summed E-state index contributed by atoms with van der Waals surface area (Å²) >= 11 is 0. The zero-order chi connectivity index (χ0) is 34.8. The number of aromatic nitrogens is 2. The van der Waals surface area contributed by atoms with Crippen LogP contribution in [0.4, 0.5) is 29.2 Å². The van der Waals surface area contributed by atoms with Crippen molar-refractivity contribution in [3.05, 3.63) is 95.9 Å². The number of carbonyl (C=O) groups is 1. The van der Waals surface area contributed by atoms with Crippen LogP contribution in [0.1, 0.15) is 24.1 Å². The van der Waals surface area contributed by atoms with Gasteiger partial charge >= 0.3 is 6.18 Å². The molecule has 3 aromatic carbocycles. The predicted octanol–water partition coefficient (Wildman–Crippen LogP) is 5.11. The van der Waals surface area contributed by atoms with Gasteiger partial charge < -0.3 is 19.9 Å². The lowest BCUT2D eigenvalue weighted by Crippen LogP contribution is -2.47. The highest BCUT2D eigenvalue weighted by Gasteiger charge is 2.39. The monoisotopic (exact) mass is 698 g/mol. The number of nitrogens with zero attached hydrogens (tertiary/aromatic N) is 5. The number of carbonyl (C=O) groups excluding carboxylic acids is 1. The normalized spacial score (nSPS) is 17.3. The van der Waals surface area contributed by atoms with Gasteiger partial charge in [0, 0.05) is 38.3 Å². The molecule has 1 amide bonds. The molecule has 258 valence electrons. The van der Waals surface area contributed by atoms with Crippen LogP contribution in [0.15, 0.2) is 83.8 Å². The number of para-hydroxylation sites is 1. The summed E-state index contributed by atoms with van der Waals surface area (Å²) in [6.45, 7) is 1.93. The van der Waals surface area contributed by atoms with E-state index in [1.165, 1.54) is 41.7 Å². The highest BCUT2D eigenvalue weighted by atomic mass is 32.2. The van der Waals surface area contributed by atoms with Crippen molar-refractivity contribution in [2.75, 3.05) is 49.6 Å². The Hall–Kier alpha value is -4.76. The maximum absolute atomic E-state index is 14.4. The van der Waals surface area contributed by atoms with Crippen LogP contribution in [0, 0.1) is 5.82 Å². The molecule has 1 N–H and O–H groups in total. The van der Waals surface area contributed by atoms with Crippen molar-refractivity contribution in [3.63, 3.8) is 0 Å². The number of alkyl halides is 3. The Balaban J connectivity index is 1.22. The van der Waals surface area contributed by atoms with Gasteiger partial charge in [0.15, 0.2) is 0 Å². The van der Waals surface area contributed by atoms with E-state index in [1.807, 2.05) is 9.80 Å². The zero-order valence-electron chi connectivity index (χ0n) is 26.5. The Morgan fingerprint density at radius 2 is 1.59 bits per heavy atom. The summed E-state index contributed by atoms with van der Waals surface area (Å²) in [4.78, 5) is 26.6. The van der Waals surface area contributed by atoms with Gasteiger partial charge in [0.05, 0.1) is 41.2 Å². The SMILES string of the molecule is COc1ccc(S(=O)(=O)N2CCCC2C(=O)NCc2cc(-c3ccc(C(F)(F)F)cc3)nc(N3CCN(c4ccccc4F)CC3)n2)cc1. The lowest BCUT2D eigenvalue weighted by Gasteiger charge is -2.36. The predicted molar refractivity (Wildman–Crippen MR) is 175 cm³/mol. The van der Waals surface area contributed by atoms with Gasteiger partial charge in [-0.25, -0.2) is 22.8 Å². The quantitative estimate of drug-likeness (QED) is 0.241.